The molecule has 3 rings (SSSR count). The SMILES string of the molecule is CC1(CCCO)NC(=O)c2ccccc2N1Cc1ccccc1. The van der Waals surface area contributed by atoms with Gasteiger partial charge in [0, 0.05) is 13.2 Å². The Hall–Kier alpha value is -2.33. The van der Waals surface area contributed by atoms with Crippen LogP contribution >= 0.6 is 0 Å². The molecule has 1 amide bonds. The number of benzene rings is 2. The average molecular weight is 310 g/mol. The van der Waals surface area contributed by atoms with Gasteiger partial charge >= 0.3 is 0 Å². The minimum absolute atomic E-state index is 0.0506. The normalized spacial score (nSPS) is 20.1. The molecular weight excluding hydrogens is 288 g/mol. The topological polar surface area (TPSA) is 52.6 Å². The molecule has 0 saturated carbocycles. The van der Waals surface area contributed by atoms with Crippen molar-refractivity contribution in [3.05, 3.63) is 65.7 Å². The van der Waals surface area contributed by atoms with Crippen molar-refractivity contribution < 1.29 is 9.90 Å². The third-order valence-electron chi connectivity index (χ3n) is 4.42. The highest BCUT2D eigenvalue weighted by Gasteiger charge is 2.39. The van der Waals surface area contributed by atoms with Crippen LogP contribution in [-0.2, 0) is 6.54 Å². The van der Waals surface area contributed by atoms with Crippen molar-refractivity contribution in [1.82, 2.24) is 5.32 Å². The minimum Gasteiger partial charge on any atom is -0.396 e. The first-order chi connectivity index (χ1) is 11.1. The van der Waals surface area contributed by atoms with Crippen LogP contribution in [0.25, 0.3) is 0 Å². The second kappa shape index (κ2) is 6.42. The number of nitrogens with one attached hydrogen (secondary N) is 1. The van der Waals surface area contributed by atoms with Gasteiger partial charge in [-0.05, 0) is 37.5 Å². The Labute approximate surface area is 136 Å². The van der Waals surface area contributed by atoms with Crippen molar-refractivity contribution in [2.75, 3.05) is 11.5 Å². The summed E-state index contributed by atoms with van der Waals surface area (Å²) < 4.78 is 0. The molecule has 1 aliphatic rings. The van der Waals surface area contributed by atoms with Gasteiger partial charge in [0.1, 0.15) is 5.66 Å². The molecule has 1 atom stereocenters. The van der Waals surface area contributed by atoms with Gasteiger partial charge in [-0.3, -0.25) is 4.79 Å². The van der Waals surface area contributed by atoms with Gasteiger partial charge in [-0.1, -0.05) is 42.5 Å². The number of aliphatic hydroxyl groups excluding tert-OH is 1. The van der Waals surface area contributed by atoms with Crippen LogP contribution in [0.1, 0.15) is 35.7 Å². The highest BCUT2D eigenvalue weighted by Crippen LogP contribution is 2.35. The van der Waals surface area contributed by atoms with E-state index in [4.69, 9.17) is 0 Å². The third kappa shape index (κ3) is 3.08. The first-order valence-corrected chi connectivity index (χ1v) is 7.98. The van der Waals surface area contributed by atoms with E-state index in [9.17, 15) is 9.90 Å². The summed E-state index contributed by atoms with van der Waals surface area (Å²) in [6.07, 6.45) is 1.33. The van der Waals surface area contributed by atoms with Gasteiger partial charge in [0.15, 0.2) is 0 Å². The van der Waals surface area contributed by atoms with Crippen LogP contribution in [0, 0.1) is 0 Å². The number of amides is 1. The van der Waals surface area contributed by atoms with Crippen LogP contribution in [0.5, 0.6) is 0 Å². The molecule has 1 aliphatic heterocycles. The number of hydrogen-bond donors (Lipinski definition) is 2. The van der Waals surface area contributed by atoms with Crippen molar-refractivity contribution in [3.8, 4) is 0 Å². The molecule has 1 heterocycles. The fourth-order valence-corrected chi connectivity index (χ4v) is 3.19. The number of fused-ring (bicyclic) bond motifs is 1. The number of nitrogens with zero attached hydrogens (tertiary/aromatic N) is 1. The van der Waals surface area contributed by atoms with Crippen molar-refractivity contribution in [3.63, 3.8) is 0 Å². The summed E-state index contributed by atoms with van der Waals surface area (Å²) in [5.41, 5.74) is 2.32. The zero-order chi connectivity index (χ0) is 16.3. The summed E-state index contributed by atoms with van der Waals surface area (Å²) >= 11 is 0. The zero-order valence-corrected chi connectivity index (χ0v) is 13.3. The fourth-order valence-electron chi connectivity index (χ4n) is 3.19. The lowest BCUT2D eigenvalue weighted by molar-refractivity contribution is 0.0875. The van der Waals surface area contributed by atoms with Crippen LogP contribution < -0.4 is 10.2 Å². The lowest BCUT2D eigenvalue weighted by Gasteiger charge is -2.47. The maximum atomic E-state index is 12.5. The zero-order valence-electron chi connectivity index (χ0n) is 13.3. The number of rotatable bonds is 5. The largest absolute Gasteiger partial charge is 0.396 e. The van der Waals surface area contributed by atoms with Gasteiger partial charge in [-0.15, -0.1) is 0 Å². The molecule has 120 valence electrons. The standard InChI is InChI=1S/C19H22N2O2/c1-19(12-7-13-22)20-18(23)16-10-5-6-11-17(16)21(19)14-15-8-3-2-4-9-15/h2-6,8-11,22H,7,12-14H2,1H3,(H,20,23). The van der Waals surface area contributed by atoms with E-state index in [1.807, 2.05) is 49.4 Å². The molecule has 0 aliphatic carbocycles. The van der Waals surface area contributed by atoms with Gasteiger partial charge in [0.2, 0.25) is 0 Å². The molecule has 0 saturated heterocycles. The molecule has 0 bridgehead atoms. The molecule has 2 aromatic rings. The van der Waals surface area contributed by atoms with E-state index in [1.54, 1.807) is 0 Å². The maximum absolute atomic E-state index is 12.5. The average Bonchev–Trinajstić information content (AvgIpc) is 2.58. The van der Waals surface area contributed by atoms with Crippen LogP contribution in [-0.4, -0.2) is 23.3 Å². The molecule has 4 heteroatoms. The van der Waals surface area contributed by atoms with E-state index >= 15 is 0 Å². The summed E-state index contributed by atoms with van der Waals surface area (Å²) in [5, 5.41) is 12.3. The van der Waals surface area contributed by atoms with Crippen LogP contribution in [0.15, 0.2) is 54.6 Å². The van der Waals surface area contributed by atoms with E-state index in [1.165, 1.54) is 5.56 Å². The lowest BCUT2D eigenvalue weighted by Crippen LogP contribution is -2.62. The molecule has 0 fully saturated rings. The molecule has 0 aromatic heterocycles. The van der Waals surface area contributed by atoms with Crippen LogP contribution in [0.2, 0.25) is 0 Å². The molecule has 0 spiro atoms. The van der Waals surface area contributed by atoms with Gasteiger partial charge in [-0.2, -0.15) is 0 Å². The first-order valence-electron chi connectivity index (χ1n) is 7.98. The summed E-state index contributed by atoms with van der Waals surface area (Å²) in [4.78, 5) is 14.7. The van der Waals surface area contributed by atoms with E-state index in [0.717, 1.165) is 5.69 Å². The Bertz CT molecular complexity index is 687. The van der Waals surface area contributed by atoms with E-state index in [-0.39, 0.29) is 12.5 Å². The maximum Gasteiger partial charge on any atom is 0.255 e. The summed E-state index contributed by atoms with van der Waals surface area (Å²) in [5.74, 6) is -0.0506. The number of hydrogen-bond acceptors (Lipinski definition) is 3. The summed E-state index contributed by atoms with van der Waals surface area (Å²) in [7, 11) is 0. The molecule has 2 N–H and O–H groups in total. The number of anilines is 1. The number of aliphatic hydroxyl groups is 1. The lowest BCUT2D eigenvalue weighted by atomic mass is 9.95. The molecule has 0 radical (unpaired) electrons. The monoisotopic (exact) mass is 310 g/mol. The summed E-state index contributed by atoms with van der Waals surface area (Å²) in [6, 6.07) is 17.9. The number of carbonyl (C=O) groups is 1. The van der Waals surface area contributed by atoms with Gasteiger partial charge in [0.25, 0.3) is 5.91 Å². The predicted octanol–water partition coefficient (Wildman–Crippen LogP) is 2.93. The molecule has 1 unspecified atom stereocenters. The van der Waals surface area contributed by atoms with Crippen LogP contribution in [0.3, 0.4) is 0 Å². The van der Waals surface area contributed by atoms with Crippen molar-refractivity contribution >= 4 is 11.6 Å². The number of carbonyl (C=O) groups excluding carboxylic acids is 1. The van der Waals surface area contributed by atoms with Crippen molar-refractivity contribution in [2.24, 2.45) is 0 Å². The van der Waals surface area contributed by atoms with E-state index < -0.39 is 5.66 Å². The fraction of sp³-hybridized carbons (Fsp3) is 0.316. The second-order valence-electron chi connectivity index (χ2n) is 6.14. The Kier molecular flexibility index (Phi) is 4.35. The Balaban J connectivity index is 2.01. The smallest absolute Gasteiger partial charge is 0.255 e. The first kappa shape index (κ1) is 15.6. The third-order valence-corrected chi connectivity index (χ3v) is 4.42. The predicted molar refractivity (Wildman–Crippen MR) is 91.3 cm³/mol. The Morgan fingerprint density at radius 1 is 1.09 bits per heavy atom. The van der Waals surface area contributed by atoms with Gasteiger partial charge in [0.05, 0.1) is 11.3 Å². The Morgan fingerprint density at radius 2 is 1.78 bits per heavy atom. The highest BCUT2D eigenvalue weighted by atomic mass is 16.3. The quantitative estimate of drug-likeness (QED) is 0.893. The molecule has 23 heavy (non-hydrogen) atoms. The molecule has 2 aromatic carbocycles. The molecular formula is C19H22N2O2. The van der Waals surface area contributed by atoms with Gasteiger partial charge in [-0.25, -0.2) is 0 Å². The van der Waals surface area contributed by atoms with Crippen molar-refractivity contribution in [1.29, 1.82) is 0 Å². The number of para-hydroxylation sites is 1. The van der Waals surface area contributed by atoms with Gasteiger partial charge < -0.3 is 15.3 Å². The second-order valence-corrected chi connectivity index (χ2v) is 6.14. The summed E-state index contributed by atoms with van der Waals surface area (Å²) in [6.45, 7) is 2.85. The Morgan fingerprint density at radius 3 is 2.52 bits per heavy atom. The van der Waals surface area contributed by atoms with E-state index in [2.05, 4.69) is 22.3 Å². The van der Waals surface area contributed by atoms with Crippen LogP contribution in [0.4, 0.5) is 5.69 Å². The van der Waals surface area contributed by atoms with E-state index in [0.29, 0.717) is 24.9 Å². The minimum atomic E-state index is -0.510. The molecule has 4 nitrogen and oxygen atoms in total. The van der Waals surface area contributed by atoms with Crippen molar-refractivity contribution in [2.45, 2.75) is 32.0 Å². The highest BCUT2D eigenvalue weighted by molar-refractivity contribution is 6.02.